The third kappa shape index (κ3) is 6.83. The summed E-state index contributed by atoms with van der Waals surface area (Å²) < 4.78 is 29.4. The Morgan fingerprint density at radius 3 is 2.59 bits per heavy atom. The summed E-state index contributed by atoms with van der Waals surface area (Å²) in [5.41, 5.74) is 1.89. The molecule has 1 aromatic heterocycles. The summed E-state index contributed by atoms with van der Waals surface area (Å²) in [7, 11) is 1.65. The van der Waals surface area contributed by atoms with Crippen LogP contribution in [-0.2, 0) is 11.2 Å². The van der Waals surface area contributed by atoms with Gasteiger partial charge in [-0.15, -0.1) is 0 Å². The van der Waals surface area contributed by atoms with E-state index in [2.05, 4.69) is 17.1 Å². The minimum absolute atomic E-state index is 0.289. The predicted octanol–water partition coefficient (Wildman–Crippen LogP) is 5.24. The lowest BCUT2D eigenvalue weighted by Crippen LogP contribution is -2.36. The van der Waals surface area contributed by atoms with Gasteiger partial charge >= 0.3 is 6.09 Å². The molecule has 0 aliphatic heterocycles. The van der Waals surface area contributed by atoms with Crippen molar-refractivity contribution in [2.45, 2.75) is 26.2 Å². The Kier molecular flexibility index (Phi) is 8.66. The number of rotatable bonds is 11. The SMILES string of the molecule is CCOC(=O)N(CCCCc1ccc(OC)cc1)CCOc1ccc2cc(F)ccc2n1. The zero-order chi connectivity index (χ0) is 22.8. The number of halogens is 1. The van der Waals surface area contributed by atoms with Gasteiger partial charge in [0.05, 0.1) is 25.8 Å². The van der Waals surface area contributed by atoms with Gasteiger partial charge in [-0.1, -0.05) is 12.1 Å². The van der Waals surface area contributed by atoms with Crippen molar-refractivity contribution in [2.75, 3.05) is 33.4 Å². The van der Waals surface area contributed by atoms with Crippen molar-refractivity contribution in [1.82, 2.24) is 9.88 Å². The highest BCUT2D eigenvalue weighted by atomic mass is 19.1. The van der Waals surface area contributed by atoms with Crippen molar-refractivity contribution in [3.63, 3.8) is 0 Å². The second-order valence-electron chi connectivity index (χ2n) is 7.33. The molecule has 7 heteroatoms. The Balaban J connectivity index is 1.48. The van der Waals surface area contributed by atoms with Crippen molar-refractivity contribution in [3.8, 4) is 11.6 Å². The minimum Gasteiger partial charge on any atom is -0.497 e. The molecule has 32 heavy (non-hydrogen) atoms. The fourth-order valence-corrected chi connectivity index (χ4v) is 3.35. The topological polar surface area (TPSA) is 60.9 Å². The first-order chi connectivity index (χ1) is 15.6. The lowest BCUT2D eigenvalue weighted by molar-refractivity contribution is 0.0993. The molecule has 0 spiro atoms. The molecule has 1 amide bonds. The highest BCUT2D eigenvalue weighted by Crippen LogP contribution is 2.18. The van der Waals surface area contributed by atoms with E-state index in [4.69, 9.17) is 14.2 Å². The summed E-state index contributed by atoms with van der Waals surface area (Å²) in [5, 5.41) is 0.711. The fourth-order valence-electron chi connectivity index (χ4n) is 3.35. The number of amides is 1. The van der Waals surface area contributed by atoms with Crippen LogP contribution in [0.4, 0.5) is 9.18 Å². The monoisotopic (exact) mass is 440 g/mol. The van der Waals surface area contributed by atoms with E-state index in [9.17, 15) is 9.18 Å². The zero-order valence-corrected chi connectivity index (χ0v) is 18.6. The number of pyridine rings is 1. The molecule has 0 N–H and O–H groups in total. The third-order valence-electron chi connectivity index (χ3n) is 5.07. The van der Waals surface area contributed by atoms with Gasteiger partial charge < -0.3 is 19.1 Å². The second-order valence-corrected chi connectivity index (χ2v) is 7.33. The molecule has 0 fully saturated rings. The van der Waals surface area contributed by atoms with Crippen LogP contribution in [0.15, 0.2) is 54.6 Å². The molecule has 2 aromatic carbocycles. The Morgan fingerprint density at radius 2 is 1.84 bits per heavy atom. The van der Waals surface area contributed by atoms with Gasteiger partial charge in [0, 0.05) is 18.0 Å². The molecule has 3 rings (SSSR count). The summed E-state index contributed by atoms with van der Waals surface area (Å²) in [4.78, 5) is 18.4. The van der Waals surface area contributed by atoms with E-state index in [1.54, 1.807) is 37.1 Å². The van der Waals surface area contributed by atoms with Crippen LogP contribution in [0.25, 0.3) is 10.9 Å². The van der Waals surface area contributed by atoms with E-state index >= 15 is 0 Å². The Hall–Kier alpha value is -3.35. The number of ether oxygens (including phenoxy) is 3. The highest BCUT2D eigenvalue weighted by Gasteiger charge is 2.14. The number of methoxy groups -OCH3 is 1. The van der Waals surface area contributed by atoms with Gasteiger partial charge in [0.25, 0.3) is 0 Å². The molecular weight excluding hydrogens is 411 g/mol. The van der Waals surface area contributed by atoms with E-state index in [1.165, 1.54) is 17.7 Å². The maximum Gasteiger partial charge on any atom is 0.409 e. The van der Waals surface area contributed by atoms with Gasteiger partial charge in [-0.05, 0) is 68.1 Å². The van der Waals surface area contributed by atoms with E-state index < -0.39 is 0 Å². The standard InChI is InChI=1S/C25H29FN2O4/c1-3-31-25(29)28(15-5-4-6-19-7-11-22(30-2)12-8-19)16-17-32-24-14-9-20-18-21(26)10-13-23(20)27-24/h7-14,18H,3-6,15-17H2,1-2H3. The number of unbranched alkanes of at least 4 members (excludes halogenated alkanes) is 1. The molecule has 1 heterocycles. The van der Waals surface area contributed by atoms with Gasteiger partial charge in [0.15, 0.2) is 0 Å². The number of carbonyl (C=O) groups excluding carboxylic acids is 1. The maximum atomic E-state index is 13.3. The second kappa shape index (κ2) is 11.9. The number of carbonyl (C=O) groups is 1. The van der Waals surface area contributed by atoms with Crippen LogP contribution in [-0.4, -0.2) is 49.4 Å². The molecular formula is C25H29FN2O4. The Labute approximate surface area is 187 Å². The van der Waals surface area contributed by atoms with Crippen molar-refractivity contribution < 1.29 is 23.4 Å². The van der Waals surface area contributed by atoms with Crippen LogP contribution in [0.3, 0.4) is 0 Å². The van der Waals surface area contributed by atoms with E-state index in [-0.39, 0.29) is 18.5 Å². The van der Waals surface area contributed by atoms with Crippen LogP contribution in [0.1, 0.15) is 25.3 Å². The predicted molar refractivity (Wildman–Crippen MR) is 122 cm³/mol. The summed E-state index contributed by atoms with van der Waals surface area (Å²) in [6, 6.07) is 15.9. The van der Waals surface area contributed by atoms with Crippen LogP contribution in [0.5, 0.6) is 11.6 Å². The van der Waals surface area contributed by atoms with Gasteiger partial charge in [0.2, 0.25) is 5.88 Å². The molecule has 0 bridgehead atoms. The third-order valence-corrected chi connectivity index (χ3v) is 5.07. The van der Waals surface area contributed by atoms with E-state index in [0.717, 1.165) is 25.0 Å². The maximum absolute atomic E-state index is 13.3. The zero-order valence-electron chi connectivity index (χ0n) is 18.6. The number of hydrogen-bond donors (Lipinski definition) is 0. The molecule has 6 nitrogen and oxygen atoms in total. The van der Waals surface area contributed by atoms with Gasteiger partial charge in [-0.3, -0.25) is 0 Å². The molecule has 170 valence electrons. The number of hydrogen-bond acceptors (Lipinski definition) is 5. The molecule has 0 atom stereocenters. The first kappa shape index (κ1) is 23.3. The molecule has 0 saturated carbocycles. The number of aryl methyl sites for hydroxylation is 1. The number of nitrogens with zero attached hydrogens (tertiary/aromatic N) is 2. The van der Waals surface area contributed by atoms with Gasteiger partial charge in [-0.25, -0.2) is 14.2 Å². The molecule has 0 radical (unpaired) electrons. The molecule has 0 saturated heterocycles. The number of benzene rings is 2. The van der Waals surface area contributed by atoms with Crippen LogP contribution in [0.2, 0.25) is 0 Å². The first-order valence-electron chi connectivity index (χ1n) is 10.8. The van der Waals surface area contributed by atoms with Gasteiger partial charge in [-0.2, -0.15) is 0 Å². The van der Waals surface area contributed by atoms with Crippen molar-refractivity contribution in [3.05, 3.63) is 66.0 Å². The molecule has 3 aromatic rings. The van der Waals surface area contributed by atoms with E-state index in [1.807, 2.05) is 12.1 Å². The largest absolute Gasteiger partial charge is 0.497 e. The Bertz CT molecular complexity index is 1010. The highest BCUT2D eigenvalue weighted by molar-refractivity contribution is 5.79. The average molecular weight is 441 g/mol. The first-order valence-corrected chi connectivity index (χ1v) is 10.8. The smallest absolute Gasteiger partial charge is 0.409 e. The van der Waals surface area contributed by atoms with Crippen LogP contribution in [0, 0.1) is 5.82 Å². The summed E-state index contributed by atoms with van der Waals surface area (Å²) >= 11 is 0. The molecule has 0 aliphatic rings. The lowest BCUT2D eigenvalue weighted by Gasteiger charge is -2.22. The van der Waals surface area contributed by atoms with Crippen LogP contribution < -0.4 is 9.47 Å². The van der Waals surface area contributed by atoms with Crippen molar-refractivity contribution in [1.29, 1.82) is 0 Å². The number of fused-ring (bicyclic) bond motifs is 1. The summed E-state index contributed by atoms with van der Waals surface area (Å²) in [6.07, 6.45) is 2.39. The summed E-state index contributed by atoms with van der Waals surface area (Å²) in [6.45, 7) is 3.38. The molecule has 0 unspecified atom stereocenters. The fraction of sp³-hybridized carbons (Fsp3) is 0.360. The van der Waals surface area contributed by atoms with Crippen molar-refractivity contribution in [2.24, 2.45) is 0 Å². The normalized spacial score (nSPS) is 10.7. The minimum atomic E-state index is -0.345. The Morgan fingerprint density at radius 1 is 1.03 bits per heavy atom. The van der Waals surface area contributed by atoms with Crippen LogP contribution >= 0.6 is 0 Å². The summed E-state index contributed by atoms with van der Waals surface area (Å²) in [5.74, 6) is 0.979. The average Bonchev–Trinajstić information content (AvgIpc) is 2.81. The number of aromatic nitrogens is 1. The van der Waals surface area contributed by atoms with Crippen molar-refractivity contribution >= 4 is 17.0 Å². The van der Waals surface area contributed by atoms with Gasteiger partial charge in [0.1, 0.15) is 18.2 Å². The quantitative estimate of drug-likeness (QED) is 0.382. The van der Waals surface area contributed by atoms with E-state index in [0.29, 0.717) is 36.5 Å². The lowest BCUT2D eigenvalue weighted by atomic mass is 10.1. The molecule has 0 aliphatic carbocycles.